The molecule has 12 aromatic heterocycles. The predicted molar refractivity (Wildman–Crippen MR) is 291 cm³/mol. The van der Waals surface area contributed by atoms with Crippen molar-refractivity contribution in [3.63, 3.8) is 0 Å². The number of alkyl halides is 6. The van der Waals surface area contributed by atoms with Gasteiger partial charge in [-0.15, -0.1) is 9.03 Å². The molecule has 0 aliphatic heterocycles. The van der Waals surface area contributed by atoms with Crippen molar-refractivity contribution < 1.29 is 54.4 Å². The molecule has 0 saturated carbocycles. The van der Waals surface area contributed by atoms with Gasteiger partial charge in [-0.3, -0.25) is 4.79 Å². The number of hydrogen-bond acceptors (Lipinski definition) is 15. The van der Waals surface area contributed by atoms with Gasteiger partial charge in [-0.25, -0.2) is 71.2 Å². The fourth-order valence-electron chi connectivity index (χ4n) is 8.05. The first-order valence-electron chi connectivity index (χ1n) is 24.3. The van der Waals surface area contributed by atoms with Crippen molar-refractivity contribution in [2.75, 3.05) is 5.32 Å². The van der Waals surface area contributed by atoms with Crippen molar-refractivity contribution in [3.05, 3.63) is 174 Å². The summed E-state index contributed by atoms with van der Waals surface area (Å²) in [5.74, 6) is -1.20. The van der Waals surface area contributed by atoms with Crippen molar-refractivity contribution >= 4 is 69.3 Å². The lowest BCUT2D eigenvalue weighted by molar-refractivity contribution is -0.105. The van der Waals surface area contributed by atoms with Crippen molar-refractivity contribution in [1.82, 2.24) is 87.4 Å². The van der Waals surface area contributed by atoms with Gasteiger partial charge in [0.2, 0.25) is 35.5 Å². The first-order valence-corrected chi connectivity index (χ1v) is 25.1. The molecule has 0 spiro atoms. The third-order valence-electron chi connectivity index (χ3n) is 11.7. The van der Waals surface area contributed by atoms with Crippen LogP contribution in [0.3, 0.4) is 0 Å². The highest BCUT2D eigenvalue weighted by Crippen LogP contribution is 2.33. The average molecular weight is 1250 g/mol. The van der Waals surface area contributed by atoms with E-state index >= 15 is 0 Å². The minimum absolute atomic E-state index is 0.182. The van der Waals surface area contributed by atoms with Gasteiger partial charge in [-0.2, -0.15) is 22.8 Å². The highest BCUT2D eigenvalue weighted by atomic mass is 79.9. The summed E-state index contributed by atoms with van der Waals surface area (Å²) in [5, 5.41) is 32.5. The molecule has 0 atom stereocenters. The molecule has 12 rings (SSSR count). The number of nitrogens with one attached hydrogen (secondary N) is 1. The third-order valence-corrected chi connectivity index (χ3v) is 12.3. The van der Waals surface area contributed by atoms with Gasteiger partial charge in [0, 0.05) is 47.3 Å². The summed E-state index contributed by atoms with van der Waals surface area (Å²) in [6.45, 7) is 12.6. The Bertz CT molecular complexity index is 4410. The number of anilines is 1. The zero-order chi connectivity index (χ0) is 61.2. The van der Waals surface area contributed by atoms with E-state index in [-0.39, 0.29) is 17.1 Å². The normalized spacial score (nSPS) is 11.0. The number of carbonyl (C=O) groups excluding carboxylic acids is 1. The van der Waals surface area contributed by atoms with Crippen LogP contribution in [0.1, 0.15) is 0 Å². The van der Waals surface area contributed by atoms with E-state index in [4.69, 9.17) is 23.2 Å². The number of aromatic nitrogens is 18. The summed E-state index contributed by atoms with van der Waals surface area (Å²) >= 11 is 3.23. The van der Waals surface area contributed by atoms with Crippen LogP contribution in [0.4, 0.5) is 57.0 Å². The van der Waals surface area contributed by atoms with Gasteiger partial charge in [0.05, 0.1) is 80.0 Å². The number of fused-ring (bicyclic) bond motifs is 3. The van der Waals surface area contributed by atoms with Gasteiger partial charge in [0.1, 0.15) is 27.4 Å². The second-order valence-electron chi connectivity index (χ2n) is 17.3. The van der Waals surface area contributed by atoms with E-state index in [1.807, 2.05) is 0 Å². The lowest BCUT2D eigenvalue weighted by Gasteiger charge is -2.10. The van der Waals surface area contributed by atoms with Crippen LogP contribution in [0.5, 0.6) is 0 Å². The molecule has 0 bridgehead atoms. The maximum atomic E-state index is 13.2. The van der Waals surface area contributed by atoms with E-state index < -0.39 is 63.9 Å². The van der Waals surface area contributed by atoms with Crippen molar-refractivity contribution in [2.45, 2.75) is 38.9 Å². The minimum atomic E-state index is -2.61. The number of halogens is 10. The van der Waals surface area contributed by atoms with E-state index in [0.29, 0.717) is 90.5 Å². The molecule has 12 aromatic rings. The quantitative estimate of drug-likeness (QED) is 0.0304. The molecule has 0 radical (unpaired) electrons. The molecule has 0 aromatic carbocycles. The van der Waals surface area contributed by atoms with Gasteiger partial charge in [0.15, 0.2) is 11.5 Å². The number of imidazole rings is 6. The monoisotopic (exact) mass is 1250 g/mol. The standard InChI is InChI=1S/C17H12F3N7O.C17H10F3N7.C12H7BrF2N6.C5H5BFNO2/c18-12(19)7-26-8-23-16(10-1-3-13(20)21-5-10)17(26)11-2-4-14-22-6-15(24-9-28)27(14)25-11;1-21-15-7-23-14-5-3-11(25-27(14)15)17-16(10-2-4-13(20)22-6-10)24-9-26(17)8-12(18)19;1-16-10-4-17-9-3-2-7(19-21(9)10)11-12(13)18-6-20(11)5-8(14)15;7-5-2-1-4(3-8-5)6(9)10/h1-6,8-9,12H,7H2,(H,24,28);2-7,9,12H,8H2;2-4,6,8H,5H2;1-3,9-10H. The van der Waals surface area contributed by atoms with Crippen LogP contribution in [0, 0.1) is 31.0 Å². The third kappa shape index (κ3) is 13.7. The largest absolute Gasteiger partial charge is 0.490 e. The summed E-state index contributed by atoms with van der Waals surface area (Å²) in [4.78, 5) is 52.4. The Kier molecular flexibility index (Phi) is 18.5. The Balaban J connectivity index is 0.000000144. The predicted octanol–water partition coefficient (Wildman–Crippen LogP) is 8.31. The minimum Gasteiger partial charge on any atom is -0.423 e. The fraction of sp³-hybridized carbons (Fsp3) is 0.118. The Labute approximate surface area is 484 Å². The molecule has 0 unspecified atom stereocenters. The van der Waals surface area contributed by atoms with Gasteiger partial charge < -0.3 is 38.8 Å². The second-order valence-corrected chi connectivity index (χ2v) is 18.0. The zero-order valence-corrected chi connectivity index (χ0v) is 44.7. The molecule has 0 fully saturated rings. The summed E-state index contributed by atoms with van der Waals surface area (Å²) in [5.41, 5.74) is 5.29. The molecule has 24 nitrogen and oxygen atoms in total. The van der Waals surface area contributed by atoms with Crippen LogP contribution in [0.2, 0.25) is 0 Å². The molecular formula is C51H34BBrF9N21O3. The lowest BCUT2D eigenvalue weighted by atomic mass is 9.82. The van der Waals surface area contributed by atoms with Crippen molar-refractivity contribution in [1.29, 1.82) is 0 Å². The topological polar surface area (TPSA) is 261 Å². The molecule has 12 heterocycles. The SMILES string of the molecule is O=CNc1cnc2ccc(-c3c(-c4ccc(F)nc4)ncn3CC(F)F)nn12.OB(O)c1ccc(F)nc1.[C-]#[N+]c1cnc2ccc(-c3c(-c4ccc(F)nc4)ncn3CC(F)F)nn12.[C-]#[N+]c1cnc2ccc(-c3c(Br)ncn3CC(F)F)nn12. The van der Waals surface area contributed by atoms with Gasteiger partial charge in [0.25, 0.3) is 30.9 Å². The molecular weight excluding hydrogens is 1220 g/mol. The lowest BCUT2D eigenvalue weighted by Crippen LogP contribution is -2.30. The number of nitrogens with zero attached hydrogens (tertiary/aromatic N) is 20. The summed E-state index contributed by atoms with van der Waals surface area (Å²) in [6.07, 6.45) is 4.44. The van der Waals surface area contributed by atoms with E-state index in [1.165, 1.54) is 95.4 Å². The van der Waals surface area contributed by atoms with Crippen molar-refractivity contribution in [3.8, 4) is 56.7 Å². The Hall–Kier alpha value is -10.8. The van der Waals surface area contributed by atoms with Crippen LogP contribution in [0.15, 0.2) is 134 Å². The van der Waals surface area contributed by atoms with Crippen LogP contribution < -0.4 is 10.8 Å². The first-order chi connectivity index (χ1) is 41.4. The van der Waals surface area contributed by atoms with Crippen LogP contribution in [-0.2, 0) is 24.4 Å². The van der Waals surface area contributed by atoms with E-state index in [9.17, 15) is 44.3 Å². The molecule has 0 aliphatic rings. The van der Waals surface area contributed by atoms with Gasteiger partial charge in [-0.05, 0) is 70.5 Å². The maximum Gasteiger partial charge on any atom is 0.490 e. The molecule has 0 aliphatic carbocycles. The second kappa shape index (κ2) is 26.6. The Morgan fingerprint density at radius 2 is 0.919 bits per heavy atom. The number of amides is 1. The average Bonchev–Trinajstić information content (AvgIpc) is 4.00. The first kappa shape index (κ1) is 59.8. The number of pyridine rings is 3. The number of rotatable bonds is 14. The summed E-state index contributed by atoms with van der Waals surface area (Å²) in [7, 11) is -1.58. The molecule has 35 heteroatoms. The molecule has 1 amide bonds. The van der Waals surface area contributed by atoms with E-state index in [2.05, 4.69) is 91.1 Å². The molecule has 0 saturated heterocycles. The van der Waals surface area contributed by atoms with Crippen LogP contribution in [-0.4, -0.2) is 130 Å². The van der Waals surface area contributed by atoms with Gasteiger partial charge in [-0.1, -0.05) is 29.4 Å². The Morgan fingerprint density at radius 3 is 1.33 bits per heavy atom. The maximum absolute atomic E-state index is 13.2. The van der Waals surface area contributed by atoms with E-state index in [0.717, 1.165) is 24.4 Å². The Morgan fingerprint density at radius 1 is 0.512 bits per heavy atom. The van der Waals surface area contributed by atoms with Crippen molar-refractivity contribution in [2.24, 2.45) is 0 Å². The molecule has 434 valence electrons. The fourth-order valence-corrected chi connectivity index (χ4v) is 8.58. The van der Waals surface area contributed by atoms with Crippen LogP contribution >= 0.6 is 15.9 Å². The zero-order valence-electron chi connectivity index (χ0n) is 43.2. The highest BCUT2D eigenvalue weighted by molar-refractivity contribution is 9.10. The van der Waals surface area contributed by atoms with Crippen LogP contribution in [0.25, 0.3) is 83.3 Å². The highest BCUT2D eigenvalue weighted by Gasteiger charge is 2.24. The summed E-state index contributed by atoms with van der Waals surface area (Å²) in [6, 6.07) is 17.3. The number of carbonyl (C=O) groups is 1. The smallest absolute Gasteiger partial charge is 0.423 e. The number of hydrogen-bond donors (Lipinski definition) is 3. The van der Waals surface area contributed by atoms with Gasteiger partial charge >= 0.3 is 7.12 Å². The van der Waals surface area contributed by atoms with E-state index in [1.54, 1.807) is 36.4 Å². The summed E-state index contributed by atoms with van der Waals surface area (Å²) < 4.78 is 124. The molecule has 86 heavy (non-hydrogen) atoms. The molecule has 3 N–H and O–H groups in total.